The van der Waals surface area contributed by atoms with Gasteiger partial charge in [-0.3, -0.25) is 0 Å². The highest BCUT2D eigenvalue weighted by molar-refractivity contribution is 5.08. The van der Waals surface area contributed by atoms with Gasteiger partial charge >= 0.3 is 0 Å². The molecule has 92 valence electrons. The molecule has 2 atom stereocenters. The fourth-order valence-corrected chi connectivity index (χ4v) is 2.44. The molecule has 0 bridgehead atoms. The maximum Gasteiger partial charge on any atom is 0.0754 e. The Morgan fingerprint density at radius 1 is 1.19 bits per heavy atom. The molecule has 0 aromatic carbocycles. The average Bonchev–Trinajstić information content (AvgIpc) is 2.16. The number of hydrogen-bond donors (Lipinski definition) is 1. The van der Waals surface area contributed by atoms with Gasteiger partial charge in [0.25, 0.3) is 0 Å². The Hall–Kier alpha value is -0.560. The van der Waals surface area contributed by atoms with Crippen LogP contribution in [0.4, 0.5) is 0 Å². The molecule has 1 aliphatic carbocycles. The Morgan fingerprint density at radius 2 is 1.88 bits per heavy atom. The summed E-state index contributed by atoms with van der Waals surface area (Å²) in [5.41, 5.74) is 2.80. The number of rotatable bonds is 1. The van der Waals surface area contributed by atoms with E-state index >= 15 is 0 Å². The molecule has 1 heteroatoms. The lowest BCUT2D eigenvalue weighted by Crippen LogP contribution is -2.24. The largest absolute Gasteiger partial charge is 0.389 e. The minimum atomic E-state index is -0.258. The van der Waals surface area contributed by atoms with Crippen molar-refractivity contribution in [1.82, 2.24) is 0 Å². The molecule has 0 radical (unpaired) electrons. The number of aliphatic hydroxyl groups is 1. The van der Waals surface area contributed by atoms with Crippen molar-refractivity contribution in [1.29, 1.82) is 0 Å². The van der Waals surface area contributed by atoms with Crippen molar-refractivity contribution < 1.29 is 5.11 Å². The summed E-state index contributed by atoms with van der Waals surface area (Å²) in [6.07, 6.45) is 8.60. The first-order chi connectivity index (χ1) is 7.50. The molecule has 1 unspecified atom stereocenters. The van der Waals surface area contributed by atoms with E-state index in [0.717, 1.165) is 25.7 Å². The third-order valence-corrected chi connectivity index (χ3v) is 3.65. The standard InChI is InChI=1S/C15H26O/c1-11(2)14-9-8-12(3)6-5-7-13(4)10-15(14)16/h6,10-11,14-16H,5,7-9H2,1-4H3/b12-6+,13-10-/t14?,15-/m1/s1. The van der Waals surface area contributed by atoms with Gasteiger partial charge in [0.1, 0.15) is 0 Å². The number of aliphatic hydroxyl groups excluding tert-OH is 1. The Morgan fingerprint density at radius 3 is 2.50 bits per heavy atom. The Balaban J connectivity index is 2.81. The minimum Gasteiger partial charge on any atom is -0.389 e. The maximum absolute atomic E-state index is 10.2. The van der Waals surface area contributed by atoms with Crippen LogP contribution >= 0.6 is 0 Å². The lowest BCUT2D eigenvalue weighted by molar-refractivity contribution is 0.115. The van der Waals surface area contributed by atoms with Crippen LogP contribution in [0.25, 0.3) is 0 Å². The third-order valence-electron chi connectivity index (χ3n) is 3.65. The normalized spacial score (nSPS) is 35.1. The molecule has 1 N–H and O–H groups in total. The van der Waals surface area contributed by atoms with Crippen molar-refractivity contribution in [3.8, 4) is 0 Å². The van der Waals surface area contributed by atoms with E-state index in [-0.39, 0.29) is 6.10 Å². The van der Waals surface area contributed by atoms with Crippen LogP contribution in [0.5, 0.6) is 0 Å². The first kappa shape index (κ1) is 13.5. The Bertz CT molecular complexity index is 273. The highest BCUT2D eigenvalue weighted by atomic mass is 16.3. The minimum absolute atomic E-state index is 0.258. The molecule has 1 nitrogen and oxygen atoms in total. The lowest BCUT2D eigenvalue weighted by Gasteiger charge is -2.26. The molecule has 0 amide bonds. The molecule has 1 aliphatic rings. The Labute approximate surface area is 100 Å². The van der Waals surface area contributed by atoms with E-state index in [2.05, 4.69) is 39.8 Å². The van der Waals surface area contributed by atoms with E-state index in [1.54, 1.807) is 0 Å². The van der Waals surface area contributed by atoms with E-state index in [9.17, 15) is 5.11 Å². The fourth-order valence-electron chi connectivity index (χ4n) is 2.44. The van der Waals surface area contributed by atoms with Crippen LogP contribution in [-0.4, -0.2) is 11.2 Å². The zero-order valence-corrected chi connectivity index (χ0v) is 11.2. The van der Waals surface area contributed by atoms with Crippen molar-refractivity contribution in [2.24, 2.45) is 11.8 Å². The summed E-state index contributed by atoms with van der Waals surface area (Å²) in [7, 11) is 0. The van der Waals surface area contributed by atoms with Crippen LogP contribution < -0.4 is 0 Å². The third kappa shape index (κ3) is 4.13. The Kier molecular flexibility index (Phi) is 5.27. The predicted octanol–water partition coefficient (Wildman–Crippen LogP) is 4.09. The predicted molar refractivity (Wildman–Crippen MR) is 70.3 cm³/mol. The summed E-state index contributed by atoms with van der Waals surface area (Å²) in [5, 5.41) is 10.2. The van der Waals surface area contributed by atoms with Gasteiger partial charge < -0.3 is 5.11 Å². The quantitative estimate of drug-likeness (QED) is 0.663. The topological polar surface area (TPSA) is 20.2 Å². The average molecular weight is 222 g/mol. The van der Waals surface area contributed by atoms with E-state index in [4.69, 9.17) is 0 Å². The van der Waals surface area contributed by atoms with Gasteiger partial charge in [0, 0.05) is 0 Å². The highest BCUT2D eigenvalue weighted by Crippen LogP contribution is 2.26. The molecule has 0 aromatic heterocycles. The molecule has 0 fully saturated rings. The molecule has 1 rings (SSSR count). The smallest absolute Gasteiger partial charge is 0.0754 e. The number of hydrogen-bond acceptors (Lipinski definition) is 1. The highest BCUT2D eigenvalue weighted by Gasteiger charge is 2.21. The van der Waals surface area contributed by atoms with E-state index in [1.807, 2.05) is 0 Å². The van der Waals surface area contributed by atoms with Crippen LogP contribution in [0.2, 0.25) is 0 Å². The van der Waals surface area contributed by atoms with Gasteiger partial charge in [0.05, 0.1) is 6.10 Å². The fraction of sp³-hybridized carbons (Fsp3) is 0.733. The molecule has 0 aliphatic heterocycles. The van der Waals surface area contributed by atoms with Crippen molar-refractivity contribution in [2.45, 2.75) is 59.5 Å². The van der Waals surface area contributed by atoms with Gasteiger partial charge in [-0.05, 0) is 51.4 Å². The van der Waals surface area contributed by atoms with E-state index in [0.29, 0.717) is 11.8 Å². The van der Waals surface area contributed by atoms with Crippen LogP contribution in [0, 0.1) is 11.8 Å². The zero-order chi connectivity index (χ0) is 12.1. The molecular weight excluding hydrogens is 196 g/mol. The van der Waals surface area contributed by atoms with Gasteiger partial charge in [0.2, 0.25) is 0 Å². The van der Waals surface area contributed by atoms with Crippen molar-refractivity contribution in [3.63, 3.8) is 0 Å². The molecular formula is C15H26O. The van der Waals surface area contributed by atoms with Gasteiger partial charge in [-0.2, -0.15) is 0 Å². The van der Waals surface area contributed by atoms with Gasteiger partial charge in [-0.25, -0.2) is 0 Å². The van der Waals surface area contributed by atoms with Crippen molar-refractivity contribution >= 4 is 0 Å². The molecule has 0 spiro atoms. The lowest BCUT2D eigenvalue weighted by atomic mass is 9.83. The maximum atomic E-state index is 10.2. The van der Waals surface area contributed by atoms with Gasteiger partial charge in [0.15, 0.2) is 0 Å². The SMILES string of the molecule is C/C1=C/[C@@H](O)C(C(C)C)CC/C(C)=C/CC1. The molecule has 0 heterocycles. The van der Waals surface area contributed by atoms with Crippen molar-refractivity contribution in [2.75, 3.05) is 0 Å². The first-order valence-corrected chi connectivity index (χ1v) is 6.51. The van der Waals surface area contributed by atoms with Gasteiger partial charge in [-0.15, -0.1) is 0 Å². The summed E-state index contributed by atoms with van der Waals surface area (Å²) in [4.78, 5) is 0. The van der Waals surface area contributed by atoms with E-state index in [1.165, 1.54) is 11.1 Å². The second-order valence-corrected chi connectivity index (χ2v) is 5.54. The molecule has 0 saturated heterocycles. The summed E-state index contributed by atoms with van der Waals surface area (Å²) < 4.78 is 0. The van der Waals surface area contributed by atoms with E-state index < -0.39 is 0 Å². The van der Waals surface area contributed by atoms with Crippen LogP contribution in [-0.2, 0) is 0 Å². The first-order valence-electron chi connectivity index (χ1n) is 6.51. The summed E-state index contributed by atoms with van der Waals surface area (Å²) in [6, 6.07) is 0. The van der Waals surface area contributed by atoms with Gasteiger partial charge in [-0.1, -0.05) is 37.1 Å². The zero-order valence-electron chi connectivity index (χ0n) is 11.2. The molecule has 16 heavy (non-hydrogen) atoms. The molecule has 0 aromatic rings. The summed E-state index contributed by atoms with van der Waals surface area (Å²) in [6.45, 7) is 8.76. The van der Waals surface area contributed by atoms with Crippen LogP contribution in [0.15, 0.2) is 23.3 Å². The second-order valence-electron chi connectivity index (χ2n) is 5.54. The molecule has 0 saturated carbocycles. The number of allylic oxidation sites excluding steroid dienone is 3. The monoisotopic (exact) mass is 222 g/mol. The van der Waals surface area contributed by atoms with Crippen LogP contribution in [0.1, 0.15) is 53.4 Å². The van der Waals surface area contributed by atoms with Crippen molar-refractivity contribution in [3.05, 3.63) is 23.3 Å². The summed E-state index contributed by atoms with van der Waals surface area (Å²) >= 11 is 0. The second kappa shape index (κ2) is 6.24. The van der Waals surface area contributed by atoms with Crippen LogP contribution in [0.3, 0.4) is 0 Å². The summed E-state index contributed by atoms with van der Waals surface area (Å²) in [5.74, 6) is 0.947.